The van der Waals surface area contributed by atoms with E-state index in [-0.39, 0.29) is 0 Å². The van der Waals surface area contributed by atoms with Gasteiger partial charge in [0.25, 0.3) is 0 Å². The van der Waals surface area contributed by atoms with Crippen molar-refractivity contribution in [1.82, 2.24) is 19.9 Å². The molecule has 4 aromatic carbocycles. The molecule has 0 saturated heterocycles. The van der Waals surface area contributed by atoms with Gasteiger partial charge >= 0.3 is 0 Å². The van der Waals surface area contributed by atoms with Crippen molar-refractivity contribution in [3.05, 3.63) is 108 Å². The third kappa shape index (κ3) is 4.12. The Bertz CT molecular complexity index is 2090. The molecule has 0 unspecified atom stereocenters. The number of nitrogens with zero attached hydrogens (tertiary/aromatic N) is 5. The fourth-order valence-corrected chi connectivity index (χ4v) is 9.01. The second-order valence-electron chi connectivity index (χ2n) is 13.3. The van der Waals surface area contributed by atoms with E-state index in [1.165, 1.54) is 44.1 Å². The molecule has 0 N–H and O–H groups in total. The van der Waals surface area contributed by atoms with E-state index in [2.05, 4.69) is 53.5 Å². The minimum Gasteiger partial charge on any atom is -0.264 e. The number of hydrogen-bond acceptors (Lipinski definition) is 5. The Morgan fingerprint density at radius 1 is 0.636 bits per heavy atom. The van der Waals surface area contributed by atoms with Crippen molar-refractivity contribution in [1.29, 1.82) is 5.26 Å². The van der Waals surface area contributed by atoms with Crippen LogP contribution in [0.5, 0.6) is 0 Å². The van der Waals surface area contributed by atoms with Crippen LogP contribution in [0.1, 0.15) is 49.7 Å². The maximum atomic E-state index is 9.76. The van der Waals surface area contributed by atoms with Gasteiger partial charge in [0.1, 0.15) is 0 Å². The molecule has 4 fully saturated rings. The van der Waals surface area contributed by atoms with Crippen LogP contribution in [0.3, 0.4) is 0 Å². The summed E-state index contributed by atoms with van der Waals surface area (Å²) in [5.74, 6) is 4.62. The smallest absolute Gasteiger partial charge is 0.164 e. The highest BCUT2D eigenvalue weighted by atomic mass is 15.0. The van der Waals surface area contributed by atoms with Gasteiger partial charge in [0.05, 0.1) is 11.6 Å². The molecule has 4 bridgehead atoms. The molecule has 44 heavy (non-hydrogen) atoms. The Morgan fingerprint density at radius 2 is 1.30 bits per heavy atom. The Kier molecular flexibility index (Phi) is 5.68. The SMILES string of the molecule is N#Cc1ccc(-c2nc(-c3ccc(C45CC6CC(CC(C6)C4)C5)cc3)nc(-c3ccc4cnccc4c3)n2)c2ccccc12. The first-order valence-electron chi connectivity index (χ1n) is 15.8. The standard InChI is InChI=1S/C39H31N5/c40-22-30-9-12-35(34-4-2-1-3-33(30)34)38-43-36(42-37(44-38)29-5-6-31-23-41-14-13-28(31)18-29)27-7-10-32(11-8-27)39-19-24-15-25(20-39)17-26(16-24)21-39/h1-14,18,23-26H,15-17,19-21H2. The van der Waals surface area contributed by atoms with Gasteiger partial charge < -0.3 is 0 Å². The van der Waals surface area contributed by atoms with Crippen molar-refractivity contribution >= 4 is 21.5 Å². The maximum absolute atomic E-state index is 9.76. The number of rotatable bonds is 4. The van der Waals surface area contributed by atoms with Gasteiger partial charge in [-0.1, -0.05) is 60.7 Å². The number of aromatic nitrogens is 4. The fraction of sp³-hybridized carbons (Fsp3) is 0.256. The topological polar surface area (TPSA) is 75.3 Å². The third-order valence-corrected chi connectivity index (χ3v) is 10.6. The Labute approximate surface area is 256 Å². The summed E-state index contributed by atoms with van der Waals surface area (Å²) in [6.07, 6.45) is 12.1. The van der Waals surface area contributed by atoms with Crippen LogP contribution >= 0.6 is 0 Å². The van der Waals surface area contributed by atoms with E-state index >= 15 is 0 Å². The molecular weight excluding hydrogens is 538 g/mol. The van der Waals surface area contributed by atoms with Crippen molar-refractivity contribution in [2.75, 3.05) is 0 Å². The molecule has 0 atom stereocenters. The summed E-state index contributed by atoms with van der Waals surface area (Å²) < 4.78 is 0. The predicted molar refractivity (Wildman–Crippen MR) is 174 cm³/mol. The van der Waals surface area contributed by atoms with Crippen LogP contribution in [0, 0.1) is 29.1 Å². The highest BCUT2D eigenvalue weighted by Gasteiger charge is 2.51. The summed E-state index contributed by atoms with van der Waals surface area (Å²) in [5.41, 5.74) is 5.30. The van der Waals surface area contributed by atoms with Crippen LogP contribution in [0.15, 0.2) is 97.3 Å². The van der Waals surface area contributed by atoms with E-state index in [1.54, 1.807) is 0 Å². The molecule has 4 aliphatic rings. The molecule has 2 aromatic heterocycles. The summed E-state index contributed by atoms with van der Waals surface area (Å²) in [4.78, 5) is 19.4. The minimum atomic E-state index is 0.351. The zero-order valence-electron chi connectivity index (χ0n) is 24.4. The van der Waals surface area contributed by atoms with Gasteiger partial charge in [0.2, 0.25) is 0 Å². The van der Waals surface area contributed by atoms with Gasteiger partial charge in [-0.3, -0.25) is 4.98 Å². The van der Waals surface area contributed by atoms with Gasteiger partial charge in [0.15, 0.2) is 17.5 Å². The second kappa shape index (κ2) is 9.79. The number of nitriles is 1. The monoisotopic (exact) mass is 569 g/mol. The maximum Gasteiger partial charge on any atom is 0.164 e. The van der Waals surface area contributed by atoms with Gasteiger partial charge in [0, 0.05) is 39.9 Å². The lowest BCUT2D eigenvalue weighted by Gasteiger charge is -2.57. The third-order valence-electron chi connectivity index (χ3n) is 10.6. The van der Waals surface area contributed by atoms with Gasteiger partial charge in [-0.25, -0.2) is 15.0 Å². The molecular formula is C39H31N5. The van der Waals surface area contributed by atoms with Crippen LogP contribution in [-0.2, 0) is 5.41 Å². The van der Waals surface area contributed by atoms with Crippen molar-refractivity contribution < 1.29 is 0 Å². The summed E-state index contributed by atoms with van der Waals surface area (Å²) in [6, 6.07) is 31.6. The van der Waals surface area contributed by atoms with Gasteiger partial charge in [-0.05, 0) is 102 Å². The molecule has 4 aliphatic carbocycles. The number of benzene rings is 4. The van der Waals surface area contributed by atoms with Crippen molar-refractivity contribution in [3.8, 4) is 40.2 Å². The summed E-state index contributed by atoms with van der Waals surface area (Å²) >= 11 is 0. The first-order chi connectivity index (χ1) is 21.6. The molecule has 4 saturated carbocycles. The van der Waals surface area contributed by atoms with Crippen LogP contribution in [-0.4, -0.2) is 19.9 Å². The summed E-state index contributed by atoms with van der Waals surface area (Å²) in [7, 11) is 0. The lowest BCUT2D eigenvalue weighted by Crippen LogP contribution is -2.48. The number of pyridine rings is 1. The van der Waals surface area contributed by atoms with Crippen molar-refractivity contribution in [2.24, 2.45) is 17.8 Å². The van der Waals surface area contributed by atoms with Crippen molar-refractivity contribution in [3.63, 3.8) is 0 Å². The molecule has 6 aromatic rings. The first-order valence-corrected chi connectivity index (χ1v) is 15.8. The van der Waals surface area contributed by atoms with Gasteiger partial charge in [-0.2, -0.15) is 5.26 Å². The Morgan fingerprint density at radius 3 is 2.02 bits per heavy atom. The molecule has 212 valence electrons. The lowest BCUT2D eigenvalue weighted by atomic mass is 9.48. The zero-order chi connectivity index (χ0) is 29.3. The Hall–Kier alpha value is -4.95. The van der Waals surface area contributed by atoms with E-state index in [0.717, 1.165) is 56.0 Å². The average Bonchev–Trinajstić information content (AvgIpc) is 3.07. The minimum absolute atomic E-state index is 0.351. The molecule has 10 rings (SSSR count). The van der Waals surface area contributed by atoms with E-state index < -0.39 is 0 Å². The average molecular weight is 570 g/mol. The molecule has 0 amide bonds. The van der Waals surface area contributed by atoms with Crippen LogP contribution in [0.4, 0.5) is 0 Å². The zero-order valence-corrected chi connectivity index (χ0v) is 24.4. The fourth-order valence-electron chi connectivity index (χ4n) is 9.01. The van der Waals surface area contributed by atoms with E-state index in [0.29, 0.717) is 28.5 Å². The largest absolute Gasteiger partial charge is 0.264 e. The number of hydrogen-bond donors (Lipinski definition) is 0. The number of fused-ring (bicyclic) bond motifs is 2. The van der Waals surface area contributed by atoms with Crippen LogP contribution in [0.25, 0.3) is 55.7 Å². The Balaban J connectivity index is 1.18. The van der Waals surface area contributed by atoms with Crippen LogP contribution < -0.4 is 0 Å². The van der Waals surface area contributed by atoms with Gasteiger partial charge in [-0.15, -0.1) is 0 Å². The molecule has 0 spiro atoms. The molecule has 0 radical (unpaired) electrons. The highest BCUT2D eigenvalue weighted by Crippen LogP contribution is 2.60. The molecule has 2 heterocycles. The summed E-state index contributed by atoms with van der Waals surface area (Å²) in [6.45, 7) is 0. The molecule has 0 aliphatic heterocycles. The highest BCUT2D eigenvalue weighted by molar-refractivity contribution is 5.98. The molecule has 5 heteroatoms. The lowest BCUT2D eigenvalue weighted by molar-refractivity contribution is -0.00518. The second-order valence-corrected chi connectivity index (χ2v) is 13.3. The van der Waals surface area contributed by atoms with Crippen LogP contribution in [0.2, 0.25) is 0 Å². The first kappa shape index (κ1) is 25.5. The molecule has 5 nitrogen and oxygen atoms in total. The summed E-state index contributed by atoms with van der Waals surface area (Å²) in [5, 5.41) is 13.8. The van der Waals surface area contributed by atoms with Crippen molar-refractivity contribution in [2.45, 2.75) is 43.9 Å². The predicted octanol–water partition coefficient (Wildman–Crippen LogP) is 8.91. The van der Waals surface area contributed by atoms with E-state index in [1.807, 2.05) is 54.9 Å². The van der Waals surface area contributed by atoms with E-state index in [9.17, 15) is 5.26 Å². The van der Waals surface area contributed by atoms with E-state index in [4.69, 9.17) is 15.0 Å². The quantitative estimate of drug-likeness (QED) is 0.212. The normalized spacial score (nSPS) is 23.7.